The average Bonchev–Trinajstić information content (AvgIpc) is 2.44. The minimum atomic E-state index is -0.621. The van der Waals surface area contributed by atoms with Crippen LogP contribution in [0.1, 0.15) is 10.6 Å². The van der Waals surface area contributed by atoms with E-state index in [2.05, 4.69) is 4.98 Å². The number of carbonyl (C=O) groups excluding carboxylic acids is 1. The monoisotopic (exact) mass is 193 g/mol. The first-order valence-electron chi connectivity index (χ1n) is 4.01. The number of amides is 1. The highest BCUT2D eigenvalue weighted by Gasteiger charge is 2.12. The van der Waals surface area contributed by atoms with Crippen LogP contribution in [0.25, 0.3) is 11.0 Å². The molecule has 2 aromatic rings. The van der Waals surface area contributed by atoms with Gasteiger partial charge in [-0.15, -0.1) is 0 Å². The smallest absolute Gasteiger partial charge is 0.284 e. The molecule has 0 aliphatic rings. The van der Waals surface area contributed by atoms with Crippen molar-refractivity contribution in [3.8, 4) is 0 Å². The minimum Gasteiger partial charge on any atom is -0.363 e. The van der Waals surface area contributed by atoms with Gasteiger partial charge in [-0.2, -0.15) is 0 Å². The molecule has 0 saturated carbocycles. The molecule has 2 N–H and O–H groups in total. The van der Waals surface area contributed by atoms with Gasteiger partial charge in [-0.05, 0) is 18.2 Å². The predicted octanol–water partition coefficient (Wildman–Crippen LogP) is 0.811. The van der Waals surface area contributed by atoms with Gasteiger partial charge >= 0.3 is 0 Å². The van der Waals surface area contributed by atoms with Crippen LogP contribution in [0.3, 0.4) is 0 Å². The minimum absolute atomic E-state index is 0.130. The van der Waals surface area contributed by atoms with Crippen molar-refractivity contribution in [3.63, 3.8) is 0 Å². The van der Waals surface area contributed by atoms with E-state index in [9.17, 15) is 9.18 Å². The Morgan fingerprint density at radius 1 is 1.57 bits per heavy atom. The number of carbonyl (C=O) groups is 1. The summed E-state index contributed by atoms with van der Waals surface area (Å²) < 4.78 is 14.3. The van der Waals surface area contributed by atoms with Crippen molar-refractivity contribution < 1.29 is 9.18 Å². The standard InChI is InChI=1S/C9H8FN3O/c1-13-7-4-5(10)2-3-6(7)12-9(13)8(11)14/h2-4H,1H3,(H2,11,14). The van der Waals surface area contributed by atoms with E-state index in [1.807, 2.05) is 0 Å². The molecule has 4 nitrogen and oxygen atoms in total. The molecule has 0 radical (unpaired) electrons. The molecule has 0 aliphatic heterocycles. The lowest BCUT2D eigenvalue weighted by Gasteiger charge is -1.96. The van der Waals surface area contributed by atoms with Crippen molar-refractivity contribution in [2.24, 2.45) is 12.8 Å². The van der Waals surface area contributed by atoms with Crippen LogP contribution in [0, 0.1) is 5.82 Å². The zero-order valence-electron chi connectivity index (χ0n) is 7.49. The summed E-state index contributed by atoms with van der Waals surface area (Å²) in [4.78, 5) is 14.9. The van der Waals surface area contributed by atoms with E-state index in [-0.39, 0.29) is 11.6 Å². The quantitative estimate of drug-likeness (QED) is 0.728. The second-order valence-electron chi connectivity index (χ2n) is 2.99. The zero-order chi connectivity index (χ0) is 10.3. The van der Waals surface area contributed by atoms with E-state index in [4.69, 9.17) is 5.73 Å². The summed E-state index contributed by atoms with van der Waals surface area (Å²) in [6.07, 6.45) is 0. The van der Waals surface area contributed by atoms with Crippen LogP contribution in [0.15, 0.2) is 18.2 Å². The molecule has 0 atom stereocenters. The number of fused-ring (bicyclic) bond motifs is 1. The number of benzene rings is 1. The molecule has 1 aromatic heterocycles. The number of hydrogen-bond acceptors (Lipinski definition) is 2. The molecule has 1 amide bonds. The van der Waals surface area contributed by atoms with Crippen molar-refractivity contribution >= 4 is 16.9 Å². The normalized spacial score (nSPS) is 10.7. The van der Waals surface area contributed by atoms with E-state index in [1.54, 1.807) is 7.05 Å². The summed E-state index contributed by atoms with van der Waals surface area (Å²) in [5, 5.41) is 0. The van der Waals surface area contributed by atoms with Gasteiger partial charge in [0.15, 0.2) is 5.82 Å². The molecule has 0 bridgehead atoms. The number of primary amides is 1. The van der Waals surface area contributed by atoms with Crippen molar-refractivity contribution in [3.05, 3.63) is 29.8 Å². The molecule has 2 rings (SSSR count). The van der Waals surface area contributed by atoms with Crippen molar-refractivity contribution in [2.75, 3.05) is 0 Å². The van der Waals surface area contributed by atoms with E-state index < -0.39 is 5.91 Å². The summed E-state index contributed by atoms with van der Waals surface area (Å²) in [7, 11) is 1.62. The van der Waals surface area contributed by atoms with Gasteiger partial charge in [0, 0.05) is 7.05 Å². The van der Waals surface area contributed by atoms with E-state index >= 15 is 0 Å². The molecule has 5 heteroatoms. The lowest BCUT2D eigenvalue weighted by atomic mass is 10.3. The Bertz CT molecular complexity index is 518. The molecule has 0 saturated heterocycles. The molecule has 14 heavy (non-hydrogen) atoms. The van der Waals surface area contributed by atoms with Crippen LogP contribution in [0.4, 0.5) is 4.39 Å². The molecule has 0 fully saturated rings. The Hall–Kier alpha value is -1.91. The van der Waals surface area contributed by atoms with E-state index in [0.717, 1.165) is 0 Å². The molecule has 1 aromatic carbocycles. The molecular formula is C9H8FN3O. The number of hydrogen-bond donors (Lipinski definition) is 1. The summed E-state index contributed by atoms with van der Waals surface area (Å²) >= 11 is 0. The number of imidazole rings is 1. The summed E-state index contributed by atoms with van der Waals surface area (Å²) in [6.45, 7) is 0. The van der Waals surface area contributed by atoms with Gasteiger partial charge in [0.25, 0.3) is 5.91 Å². The highest BCUT2D eigenvalue weighted by atomic mass is 19.1. The summed E-state index contributed by atoms with van der Waals surface area (Å²) in [6, 6.07) is 4.12. The highest BCUT2D eigenvalue weighted by Crippen LogP contribution is 2.15. The van der Waals surface area contributed by atoms with Gasteiger partial charge in [0.1, 0.15) is 5.82 Å². The third kappa shape index (κ3) is 1.14. The number of nitrogens with two attached hydrogens (primary N) is 1. The van der Waals surface area contributed by atoms with Gasteiger partial charge < -0.3 is 10.3 Å². The fourth-order valence-electron chi connectivity index (χ4n) is 1.38. The van der Waals surface area contributed by atoms with Crippen LogP contribution >= 0.6 is 0 Å². The lowest BCUT2D eigenvalue weighted by Crippen LogP contribution is -2.16. The van der Waals surface area contributed by atoms with Crippen molar-refractivity contribution in [1.82, 2.24) is 9.55 Å². The van der Waals surface area contributed by atoms with Crippen molar-refractivity contribution in [1.29, 1.82) is 0 Å². The van der Waals surface area contributed by atoms with Crippen LogP contribution in [-0.4, -0.2) is 15.5 Å². The molecule has 72 valence electrons. The Labute approximate surface area is 79.1 Å². The maximum atomic E-state index is 12.9. The number of halogens is 1. The zero-order valence-corrected chi connectivity index (χ0v) is 7.49. The third-order valence-electron chi connectivity index (χ3n) is 2.06. The predicted molar refractivity (Wildman–Crippen MR) is 49.2 cm³/mol. The second-order valence-corrected chi connectivity index (χ2v) is 2.99. The maximum Gasteiger partial charge on any atom is 0.284 e. The Kier molecular flexibility index (Phi) is 1.73. The Morgan fingerprint density at radius 3 is 2.93 bits per heavy atom. The van der Waals surface area contributed by atoms with Gasteiger partial charge in [-0.1, -0.05) is 0 Å². The highest BCUT2D eigenvalue weighted by molar-refractivity contribution is 5.93. The molecular weight excluding hydrogens is 185 g/mol. The first-order chi connectivity index (χ1) is 6.59. The van der Waals surface area contributed by atoms with Gasteiger partial charge in [0.05, 0.1) is 11.0 Å². The van der Waals surface area contributed by atoms with E-state index in [1.165, 1.54) is 22.8 Å². The summed E-state index contributed by atoms with van der Waals surface area (Å²) in [5.41, 5.74) is 6.21. The molecule has 1 heterocycles. The third-order valence-corrected chi connectivity index (χ3v) is 2.06. The number of rotatable bonds is 1. The maximum absolute atomic E-state index is 12.9. The van der Waals surface area contributed by atoms with E-state index in [0.29, 0.717) is 11.0 Å². The number of nitrogens with zero attached hydrogens (tertiary/aromatic N) is 2. The van der Waals surface area contributed by atoms with Crippen LogP contribution < -0.4 is 5.73 Å². The first kappa shape index (κ1) is 8.68. The Balaban J connectivity index is 2.80. The SMILES string of the molecule is Cn1c(C(N)=O)nc2ccc(F)cc21. The summed E-state index contributed by atoms with van der Waals surface area (Å²) in [5.74, 6) is -0.855. The van der Waals surface area contributed by atoms with Gasteiger partial charge in [-0.3, -0.25) is 4.79 Å². The van der Waals surface area contributed by atoms with Crippen LogP contribution in [0.2, 0.25) is 0 Å². The topological polar surface area (TPSA) is 60.9 Å². The number of aryl methyl sites for hydroxylation is 1. The molecule has 0 unspecified atom stereocenters. The Morgan fingerprint density at radius 2 is 2.29 bits per heavy atom. The largest absolute Gasteiger partial charge is 0.363 e. The molecule has 0 spiro atoms. The fourth-order valence-corrected chi connectivity index (χ4v) is 1.38. The fraction of sp³-hybridized carbons (Fsp3) is 0.111. The van der Waals surface area contributed by atoms with Gasteiger partial charge in [-0.25, -0.2) is 9.37 Å². The molecule has 0 aliphatic carbocycles. The number of aromatic nitrogens is 2. The van der Waals surface area contributed by atoms with Gasteiger partial charge in [0.2, 0.25) is 0 Å². The second kappa shape index (κ2) is 2.80. The van der Waals surface area contributed by atoms with Crippen molar-refractivity contribution in [2.45, 2.75) is 0 Å². The lowest BCUT2D eigenvalue weighted by molar-refractivity contribution is 0.0988. The average molecular weight is 193 g/mol. The first-order valence-corrected chi connectivity index (χ1v) is 4.01. The van der Waals surface area contributed by atoms with Crippen LogP contribution in [-0.2, 0) is 7.05 Å². The van der Waals surface area contributed by atoms with Crippen LogP contribution in [0.5, 0.6) is 0 Å².